The van der Waals surface area contributed by atoms with Crippen LogP contribution in [-0.2, 0) is 19.1 Å². The second kappa shape index (κ2) is 11.6. The van der Waals surface area contributed by atoms with E-state index in [2.05, 4.69) is 38.4 Å². The first-order valence-corrected chi connectivity index (χ1v) is 16.0. The van der Waals surface area contributed by atoms with Crippen LogP contribution in [0.2, 0.25) is 0 Å². The zero-order chi connectivity index (χ0) is 27.9. The van der Waals surface area contributed by atoms with E-state index >= 15 is 0 Å². The molecule has 2 N–H and O–H groups in total. The highest BCUT2D eigenvalue weighted by Crippen LogP contribution is 2.55. The van der Waals surface area contributed by atoms with Crippen molar-refractivity contribution in [1.82, 2.24) is 15.1 Å². The molecule has 216 valence electrons. The van der Waals surface area contributed by atoms with E-state index in [9.17, 15) is 14.4 Å². The van der Waals surface area contributed by atoms with Gasteiger partial charge in [0.25, 0.3) is 0 Å². The van der Waals surface area contributed by atoms with Gasteiger partial charge in [-0.05, 0) is 62.9 Å². The molecule has 1 aliphatic carbocycles. The molecule has 2 bridgehead atoms. The summed E-state index contributed by atoms with van der Waals surface area (Å²) in [5.41, 5.74) is -0.451. The lowest BCUT2D eigenvalue weighted by molar-refractivity contribution is -0.141. The molecular formula is C31H41BrN4O4. The lowest BCUT2D eigenvalue weighted by atomic mass is 9.74. The van der Waals surface area contributed by atoms with Crippen LogP contribution >= 0.6 is 15.9 Å². The summed E-state index contributed by atoms with van der Waals surface area (Å²) < 4.78 is 7.44. The second-order valence-electron chi connectivity index (χ2n) is 12.2. The highest BCUT2D eigenvalue weighted by atomic mass is 79.9. The van der Waals surface area contributed by atoms with Crippen molar-refractivity contribution in [3.05, 3.63) is 40.9 Å². The Morgan fingerprint density at radius 3 is 2.52 bits per heavy atom. The molecule has 0 radical (unpaired) electrons. The van der Waals surface area contributed by atoms with Gasteiger partial charge < -0.3 is 20.3 Å². The smallest absolute Gasteiger partial charge is 0.246 e. The third-order valence-electron chi connectivity index (χ3n) is 9.84. The molecule has 1 aromatic rings. The highest BCUT2D eigenvalue weighted by Gasteiger charge is 2.72. The zero-order valence-electron chi connectivity index (χ0n) is 23.3. The summed E-state index contributed by atoms with van der Waals surface area (Å²) in [4.78, 5) is 46.1. The fraction of sp³-hybridized carbons (Fsp3) is 0.645. The molecule has 5 aliphatic rings. The lowest BCUT2D eigenvalue weighted by Gasteiger charge is -2.38. The molecule has 3 saturated heterocycles. The standard InChI is InChI=1S/C31H41BrN4O4/c1-2-23-10-6-7-17-35(23)18-19-36-27(29(38)34-21-8-4-3-5-9-21)31-16-15-24(40-31)25(26(31)30(36)39)28(37)33-22-13-11-20(32)12-14-22/h11-16,21,23-27H,2-10,17-19H2,1H3,(H,33,37)(H,34,38)/t23-,24+,25-,26+,27+,31+/m1/s1. The van der Waals surface area contributed by atoms with Gasteiger partial charge in [0.05, 0.1) is 17.9 Å². The van der Waals surface area contributed by atoms with Gasteiger partial charge >= 0.3 is 0 Å². The summed E-state index contributed by atoms with van der Waals surface area (Å²) in [5.74, 6) is -1.94. The van der Waals surface area contributed by atoms with Crippen LogP contribution in [-0.4, -0.2) is 77.0 Å². The van der Waals surface area contributed by atoms with Gasteiger partial charge in [0.2, 0.25) is 17.7 Å². The van der Waals surface area contributed by atoms with Crippen molar-refractivity contribution in [2.75, 3.05) is 25.0 Å². The van der Waals surface area contributed by atoms with Crippen molar-refractivity contribution in [3.8, 4) is 0 Å². The number of halogens is 1. The van der Waals surface area contributed by atoms with E-state index in [1.807, 2.05) is 36.4 Å². The molecule has 0 aromatic heterocycles. The Morgan fingerprint density at radius 1 is 1.02 bits per heavy atom. The van der Waals surface area contributed by atoms with Crippen LogP contribution in [0.5, 0.6) is 0 Å². The Kier molecular flexibility index (Phi) is 8.07. The van der Waals surface area contributed by atoms with E-state index in [1.54, 1.807) is 4.90 Å². The first kappa shape index (κ1) is 27.9. The highest BCUT2D eigenvalue weighted by molar-refractivity contribution is 9.10. The number of nitrogens with zero attached hydrogens (tertiary/aromatic N) is 2. The fourth-order valence-corrected chi connectivity index (χ4v) is 8.11. The van der Waals surface area contributed by atoms with Crippen molar-refractivity contribution in [1.29, 1.82) is 0 Å². The number of carbonyl (C=O) groups excluding carboxylic acids is 3. The average Bonchev–Trinajstić information content (AvgIpc) is 3.61. The van der Waals surface area contributed by atoms with Gasteiger partial charge in [0.1, 0.15) is 11.6 Å². The number of benzene rings is 1. The molecule has 4 aliphatic heterocycles. The quantitative estimate of drug-likeness (QED) is 0.428. The van der Waals surface area contributed by atoms with E-state index in [0.29, 0.717) is 18.3 Å². The van der Waals surface area contributed by atoms with Crippen LogP contribution in [0.4, 0.5) is 5.69 Å². The predicted molar refractivity (Wildman–Crippen MR) is 157 cm³/mol. The maximum atomic E-state index is 14.2. The molecule has 1 aromatic carbocycles. The normalized spacial score (nSPS) is 33.8. The van der Waals surface area contributed by atoms with Crippen LogP contribution in [0.25, 0.3) is 0 Å². The van der Waals surface area contributed by atoms with E-state index in [1.165, 1.54) is 19.3 Å². The molecular weight excluding hydrogens is 572 g/mol. The molecule has 1 saturated carbocycles. The van der Waals surface area contributed by atoms with Gasteiger partial charge in [-0.15, -0.1) is 0 Å². The first-order chi connectivity index (χ1) is 19.4. The molecule has 8 nitrogen and oxygen atoms in total. The van der Waals surface area contributed by atoms with Gasteiger partial charge in [-0.1, -0.05) is 60.7 Å². The molecule has 3 amide bonds. The van der Waals surface area contributed by atoms with E-state index in [-0.39, 0.29) is 23.8 Å². The summed E-state index contributed by atoms with van der Waals surface area (Å²) in [5, 5.41) is 6.28. The molecule has 40 heavy (non-hydrogen) atoms. The molecule has 9 heteroatoms. The number of ether oxygens (including phenoxy) is 1. The summed E-state index contributed by atoms with van der Waals surface area (Å²) in [7, 11) is 0. The van der Waals surface area contributed by atoms with Gasteiger partial charge in [-0.2, -0.15) is 0 Å². The van der Waals surface area contributed by atoms with E-state index < -0.39 is 29.6 Å². The first-order valence-electron chi connectivity index (χ1n) is 15.2. The Morgan fingerprint density at radius 2 is 1.77 bits per heavy atom. The van der Waals surface area contributed by atoms with Crippen molar-refractivity contribution < 1.29 is 19.1 Å². The van der Waals surface area contributed by atoms with Crippen LogP contribution in [0.3, 0.4) is 0 Å². The number of anilines is 1. The Bertz CT molecular complexity index is 1150. The summed E-state index contributed by atoms with van der Waals surface area (Å²) >= 11 is 3.43. The number of hydrogen-bond donors (Lipinski definition) is 2. The minimum atomic E-state index is -1.12. The van der Waals surface area contributed by atoms with Crippen molar-refractivity contribution in [3.63, 3.8) is 0 Å². The van der Waals surface area contributed by atoms with Crippen LogP contribution in [0.15, 0.2) is 40.9 Å². The average molecular weight is 614 g/mol. The van der Waals surface area contributed by atoms with E-state index in [0.717, 1.165) is 56.1 Å². The maximum Gasteiger partial charge on any atom is 0.246 e. The zero-order valence-corrected chi connectivity index (χ0v) is 24.9. The fourth-order valence-electron chi connectivity index (χ4n) is 7.85. The Hall–Kier alpha value is -2.23. The Balaban J connectivity index is 1.26. The minimum Gasteiger partial charge on any atom is -0.359 e. The van der Waals surface area contributed by atoms with Crippen molar-refractivity contribution in [2.45, 2.75) is 94.5 Å². The van der Waals surface area contributed by atoms with Gasteiger partial charge in [0.15, 0.2) is 0 Å². The van der Waals surface area contributed by atoms with Gasteiger partial charge in [0, 0.05) is 35.3 Å². The SMILES string of the molecule is CC[C@@H]1CCCCN1CCN1C(=O)[C@@H]2[C@H](C(=O)Nc3ccc(Br)cc3)[C@@H]3C=C[C@@]2(O3)[C@@H]1C(=O)NC1CCCCC1. The maximum absolute atomic E-state index is 14.2. The monoisotopic (exact) mass is 612 g/mol. The number of carbonyl (C=O) groups is 3. The molecule has 4 fully saturated rings. The summed E-state index contributed by atoms with van der Waals surface area (Å²) in [6, 6.07) is 7.25. The van der Waals surface area contributed by atoms with Gasteiger partial charge in [-0.3, -0.25) is 19.3 Å². The third-order valence-corrected chi connectivity index (χ3v) is 10.4. The number of rotatable bonds is 8. The van der Waals surface area contributed by atoms with Crippen LogP contribution < -0.4 is 10.6 Å². The molecule has 6 atom stereocenters. The number of piperidine rings is 1. The molecule has 6 rings (SSSR count). The predicted octanol–water partition coefficient (Wildman–Crippen LogP) is 4.25. The number of amides is 3. The summed E-state index contributed by atoms with van der Waals surface area (Å²) in [6.45, 7) is 4.42. The van der Waals surface area contributed by atoms with Gasteiger partial charge in [-0.25, -0.2) is 0 Å². The number of likely N-dealkylation sites (tertiary alicyclic amines) is 2. The van der Waals surface area contributed by atoms with Crippen LogP contribution in [0, 0.1) is 11.8 Å². The second-order valence-corrected chi connectivity index (χ2v) is 13.1. The Labute approximate surface area is 245 Å². The molecule has 1 spiro atoms. The third kappa shape index (κ3) is 5.02. The minimum absolute atomic E-state index is 0.124. The van der Waals surface area contributed by atoms with Crippen molar-refractivity contribution in [2.24, 2.45) is 11.8 Å². The topological polar surface area (TPSA) is 91.0 Å². The molecule has 4 heterocycles. The van der Waals surface area contributed by atoms with Crippen LogP contribution in [0.1, 0.15) is 64.7 Å². The largest absolute Gasteiger partial charge is 0.359 e. The van der Waals surface area contributed by atoms with E-state index in [4.69, 9.17) is 4.74 Å². The van der Waals surface area contributed by atoms with Crippen molar-refractivity contribution >= 4 is 39.3 Å². The lowest BCUT2D eigenvalue weighted by Crippen LogP contribution is -2.57. The summed E-state index contributed by atoms with van der Waals surface area (Å²) in [6.07, 6.45) is 13.3. The molecule has 0 unspecified atom stereocenters. The number of nitrogens with one attached hydrogen (secondary N) is 2. The number of fused-ring (bicyclic) bond motifs is 1. The number of hydrogen-bond acceptors (Lipinski definition) is 5.